The molecule has 30 heavy (non-hydrogen) atoms. The molecule has 0 bridgehead atoms. The Balaban J connectivity index is 1.41. The first-order chi connectivity index (χ1) is 14.8. The summed E-state index contributed by atoms with van der Waals surface area (Å²) >= 11 is 0. The highest BCUT2D eigenvalue weighted by Crippen LogP contribution is 2.39. The molecule has 0 radical (unpaired) electrons. The number of hydrogen-bond acceptors (Lipinski definition) is 0. The van der Waals surface area contributed by atoms with Crippen molar-refractivity contribution in [3.05, 3.63) is 41.5 Å². The number of benzene rings is 1. The van der Waals surface area contributed by atoms with E-state index in [1.54, 1.807) is 11.1 Å². The van der Waals surface area contributed by atoms with E-state index < -0.39 is 0 Å². The van der Waals surface area contributed by atoms with Gasteiger partial charge in [-0.3, -0.25) is 0 Å². The summed E-state index contributed by atoms with van der Waals surface area (Å²) in [4.78, 5) is 0. The summed E-state index contributed by atoms with van der Waals surface area (Å²) in [7, 11) is 0. The van der Waals surface area contributed by atoms with Gasteiger partial charge in [-0.25, -0.2) is 0 Å². The van der Waals surface area contributed by atoms with Crippen LogP contribution in [0.2, 0.25) is 0 Å². The van der Waals surface area contributed by atoms with E-state index in [-0.39, 0.29) is 0 Å². The van der Waals surface area contributed by atoms with Gasteiger partial charge in [0.2, 0.25) is 0 Å². The summed E-state index contributed by atoms with van der Waals surface area (Å²) in [6, 6.07) is 9.78. The normalized spacial score (nSPS) is 24.6. The minimum atomic E-state index is 0.818. The van der Waals surface area contributed by atoms with Crippen LogP contribution in [0.3, 0.4) is 0 Å². The van der Waals surface area contributed by atoms with Crippen LogP contribution < -0.4 is 0 Å². The first-order valence-corrected chi connectivity index (χ1v) is 13.6. The largest absolute Gasteiger partial charge is 0.0804 e. The Hall–Kier alpha value is -1.04. The van der Waals surface area contributed by atoms with Crippen molar-refractivity contribution in [2.45, 2.75) is 129 Å². The second-order valence-electron chi connectivity index (χ2n) is 10.4. The summed E-state index contributed by atoms with van der Waals surface area (Å²) in [6.45, 7) is 4.62. The van der Waals surface area contributed by atoms with Gasteiger partial charge in [0.05, 0.1) is 0 Å². The van der Waals surface area contributed by atoms with Gasteiger partial charge in [0, 0.05) is 0 Å². The lowest BCUT2D eigenvalue weighted by Crippen LogP contribution is -2.13. The molecule has 1 unspecified atom stereocenters. The minimum absolute atomic E-state index is 0.818. The molecule has 0 aromatic heterocycles. The zero-order valence-electron chi connectivity index (χ0n) is 20.1. The predicted octanol–water partition coefficient (Wildman–Crippen LogP) is 10.1. The highest BCUT2D eigenvalue weighted by Gasteiger charge is 2.22. The second-order valence-corrected chi connectivity index (χ2v) is 10.4. The number of hydrogen-bond donors (Lipinski definition) is 0. The molecule has 2 aliphatic rings. The van der Waals surface area contributed by atoms with Crippen LogP contribution in [0.15, 0.2) is 30.3 Å². The van der Waals surface area contributed by atoms with Gasteiger partial charge in [-0.2, -0.15) is 0 Å². The molecule has 1 aromatic carbocycles. The molecule has 0 saturated heterocycles. The SMILES string of the molecule is CCCCCCC1CC=C(c2ccc([C@H]3CC[C@H](CCCCCC)CC3)cc2)CC1. The van der Waals surface area contributed by atoms with E-state index >= 15 is 0 Å². The summed E-state index contributed by atoms with van der Waals surface area (Å²) in [5, 5.41) is 0. The zero-order chi connectivity index (χ0) is 21.0. The molecule has 1 saturated carbocycles. The van der Waals surface area contributed by atoms with Crippen molar-refractivity contribution in [3.8, 4) is 0 Å². The first-order valence-electron chi connectivity index (χ1n) is 13.6. The van der Waals surface area contributed by atoms with Crippen LogP contribution in [-0.4, -0.2) is 0 Å². The molecule has 0 amide bonds. The fourth-order valence-corrected chi connectivity index (χ4v) is 5.89. The van der Waals surface area contributed by atoms with Gasteiger partial charge in [0.1, 0.15) is 0 Å². The first kappa shape index (κ1) is 23.6. The van der Waals surface area contributed by atoms with Gasteiger partial charge in [0.25, 0.3) is 0 Å². The van der Waals surface area contributed by atoms with Crippen molar-refractivity contribution in [1.29, 1.82) is 0 Å². The molecule has 0 spiro atoms. The molecule has 168 valence electrons. The maximum Gasteiger partial charge on any atom is -0.0162 e. The molecule has 0 heterocycles. The molecule has 0 nitrogen and oxygen atoms in total. The lowest BCUT2D eigenvalue weighted by molar-refractivity contribution is 0.302. The predicted molar refractivity (Wildman–Crippen MR) is 134 cm³/mol. The van der Waals surface area contributed by atoms with Crippen molar-refractivity contribution in [2.24, 2.45) is 11.8 Å². The highest BCUT2D eigenvalue weighted by molar-refractivity contribution is 5.66. The molecular formula is C30H48. The van der Waals surface area contributed by atoms with Gasteiger partial charge in [-0.05, 0) is 79.4 Å². The van der Waals surface area contributed by atoms with Crippen molar-refractivity contribution in [2.75, 3.05) is 0 Å². The van der Waals surface area contributed by atoms with Gasteiger partial charge in [-0.1, -0.05) is 108 Å². The monoisotopic (exact) mass is 408 g/mol. The van der Waals surface area contributed by atoms with Crippen LogP contribution >= 0.6 is 0 Å². The van der Waals surface area contributed by atoms with Crippen LogP contribution in [0.25, 0.3) is 5.57 Å². The highest BCUT2D eigenvalue weighted by atomic mass is 14.3. The standard InChI is InChI=1S/C30H48/c1-3-5-7-9-11-25-13-17-27(18-14-25)29-21-23-30(24-22-29)28-19-15-26(16-20-28)12-10-8-6-4-2/h17,21-26,28H,3-16,18-20H2,1-2H3/t25?,26-,28-. The van der Waals surface area contributed by atoms with E-state index in [0.29, 0.717) is 0 Å². The smallest absolute Gasteiger partial charge is 0.0162 e. The summed E-state index contributed by atoms with van der Waals surface area (Å²) in [6.07, 6.45) is 26.6. The maximum absolute atomic E-state index is 2.56. The molecule has 3 rings (SSSR count). The van der Waals surface area contributed by atoms with E-state index in [9.17, 15) is 0 Å². The minimum Gasteiger partial charge on any atom is -0.0804 e. The third-order valence-corrected chi connectivity index (χ3v) is 8.05. The summed E-state index contributed by atoms with van der Waals surface area (Å²) < 4.78 is 0. The van der Waals surface area contributed by atoms with Gasteiger partial charge in [0.15, 0.2) is 0 Å². The average molecular weight is 409 g/mol. The van der Waals surface area contributed by atoms with E-state index in [2.05, 4.69) is 44.2 Å². The number of unbranched alkanes of at least 4 members (excludes halogenated alkanes) is 6. The molecule has 0 heteroatoms. The summed E-state index contributed by atoms with van der Waals surface area (Å²) in [5.41, 5.74) is 4.71. The topological polar surface area (TPSA) is 0 Å². The van der Waals surface area contributed by atoms with Gasteiger partial charge >= 0.3 is 0 Å². The maximum atomic E-state index is 2.56. The van der Waals surface area contributed by atoms with E-state index in [1.165, 1.54) is 115 Å². The van der Waals surface area contributed by atoms with Crippen molar-refractivity contribution in [3.63, 3.8) is 0 Å². The van der Waals surface area contributed by atoms with Gasteiger partial charge < -0.3 is 0 Å². The van der Waals surface area contributed by atoms with Crippen molar-refractivity contribution in [1.82, 2.24) is 0 Å². The molecule has 1 aromatic rings. The third kappa shape index (κ3) is 7.58. The number of rotatable bonds is 12. The number of allylic oxidation sites excluding steroid dienone is 2. The fourth-order valence-electron chi connectivity index (χ4n) is 5.89. The molecule has 1 atom stereocenters. The van der Waals surface area contributed by atoms with E-state index in [4.69, 9.17) is 0 Å². The Morgan fingerprint density at radius 2 is 1.30 bits per heavy atom. The Kier molecular flexibility index (Phi) is 10.5. The van der Waals surface area contributed by atoms with Crippen molar-refractivity contribution >= 4 is 5.57 Å². The second kappa shape index (κ2) is 13.4. The Morgan fingerprint density at radius 1 is 0.667 bits per heavy atom. The van der Waals surface area contributed by atoms with Crippen molar-refractivity contribution < 1.29 is 0 Å². The molecular weight excluding hydrogens is 360 g/mol. The zero-order valence-corrected chi connectivity index (χ0v) is 20.1. The van der Waals surface area contributed by atoms with E-state index in [0.717, 1.165) is 17.8 Å². The van der Waals surface area contributed by atoms with Crippen LogP contribution in [0.5, 0.6) is 0 Å². The Labute approximate surface area is 187 Å². The molecule has 2 aliphatic carbocycles. The fraction of sp³-hybridized carbons (Fsp3) is 0.733. The average Bonchev–Trinajstić information content (AvgIpc) is 2.81. The van der Waals surface area contributed by atoms with E-state index in [1.807, 2.05) is 0 Å². The lowest BCUT2D eigenvalue weighted by Gasteiger charge is -2.29. The molecule has 1 fully saturated rings. The van der Waals surface area contributed by atoms with Gasteiger partial charge in [-0.15, -0.1) is 0 Å². The molecule has 0 aliphatic heterocycles. The quantitative estimate of drug-likeness (QED) is 0.302. The third-order valence-electron chi connectivity index (χ3n) is 8.05. The summed E-state index contributed by atoms with van der Waals surface area (Å²) in [5.74, 6) is 2.78. The van der Waals surface area contributed by atoms with Crippen LogP contribution in [0, 0.1) is 11.8 Å². The van der Waals surface area contributed by atoms with Crippen LogP contribution in [-0.2, 0) is 0 Å². The van der Waals surface area contributed by atoms with Crippen LogP contribution in [0.4, 0.5) is 0 Å². The Bertz CT molecular complexity index is 599. The van der Waals surface area contributed by atoms with Crippen LogP contribution in [0.1, 0.15) is 140 Å². The Morgan fingerprint density at radius 3 is 1.87 bits per heavy atom. The lowest BCUT2D eigenvalue weighted by atomic mass is 9.76. The molecule has 0 N–H and O–H groups in total.